The van der Waals surface area contributed by atoms with E-state index in [4.69, 9.17) is 0 Å². The summed E-state index contributed by atoms with van der Waals surface area (Å²) in [6.45, 7) is 7.30. The minimum absolute atomic E-state index is 0.0577. The largest absolute Gasteiger partial charge is 0.380 e. The Morgan fingerprint density at radius 3 is 2.50 bits per heavy atom. The summed E-state index contributed by atoms with van der Waals surface area (Å²) >= 11 is 0. The molecule has 2 atom stereocenters. The molecule has 36 heavy (non-hydrogen) atoms. The molecule has 1 fully saturated rings. The summed E-state index contributed by atoms with van der Waals surface area (Å²) < 4.78 is 58.3. The number of benzene rings is 2. The molecule has 5 rings (SSSR count). The SMILES string of the molecule is CC(F)CN1[C@H](c2c(F)cc(NC3CN(CCCF)C3)cc2F)c2[nH]c3ccccc3c2CC1(C)C. The number of nitrogens with one attached hydrogen (secondary N) is 2. The normalized spacial score (nSPS) is 21.4. The van der Waals surface area contributed by atoms with E-state index < -0.39 is 29.4 Å². The van der Waals surface area contributed by atoms with Crippen LogP contribution in [-0.4, -0.2) is 65.4 Å². The monoisotopic (exact) mass is 502 g/mol. The van der Waals surface area contributed by atoms with Gasteiger partial charge in [-0.3, -0.25) is 14.2 Å². The van der Waals surface area contributed by atoms with E-state index in [1.807, 2.05) is 43.0 Å². The number of H-pyrrole nitrogens is 1. The Labute approximate surface area is 209 Å². The molecule has 0 spiro atoms. The number of likely N-dealkylation sites (tertiary alicyclic amines) is 1. The van der Waals surface area contributed by atoms with E-state index in [1.54, 1.807) is 0 Å². The van der Waals surface area contributed by atoms with Crippen molar-refractivity contribution >= 4 is 16.6 Å². The average Bonchev–Trinajstić information content (AvgIpc) is 3.13. The fourth-order valence-electron chi connectivity index (χ4n) is 5.90. The molecule has 2 N–H and O–H groups in total. The van der Waals surface area contributed by atoms with Gasteiger partial charge >= 0.3 is 0 Å². The quantitative estimate of drug-likeness (QED) is 0.372. The third-order valence-corrected chi connectivity index (χ3v) is 7.56. The van der Waals surface area contributed by atoms with Gasteiger partial charge in [0.1, 0.15) is 17.8 Å². The maximum atomic E-state index is 15.8. The number of rotatable bonds is 8. The molecule has 4 nitrogen and oxygen atoms in total. The lowest BCUT2D eigenvalue weighted by Crippen LogP contribution is -2.54. The van der Waals surface area contributed by atoms with Crippen molar-refractivity contribution in [3.05, 3.63) is 64.9 Å². The van der Waals surface area contributed by atoms with Gasteiger partial charge in [-0.1, -0.05) is 18.2 Å². The summed E-state index contributed by atoms with van der Waals surface area (Å²) in [5.74, 6) is -1.31. The average molecular weight is 503 g/mol. The highest BCUT2D eigenvalue weighted by Gasteiger charge is 2.44. The molecule has 1 unspecified atom stereocenters. The highest BCUT2D eigenvalue weighted by Crippen LogP contribution is 2.46. The summed E-state index contributed by atoms with van der Waals surface area (Å²) in [4.78, 5) is 7.40. The van der Waals surface area contributed by atoms with E-state index >= 15 is 8.78 Å². The third-order valence-electron chi connectivity index (χ3n) is 7.56. The van der Waals surface area contributed by atoms with Gasteiger partial charge < -0.3 is 10.3 Å². The number of para-hydroxylation sites is 1. The Bertz CT molecular complexity index is 1210. The van der Waals surface area contributed by atoms with Crippen molar-refractivity contribution in [3.8, 4) is 0 Å². The zero-order valence-electron chi connectivity index (χ0n) is 21.1. The van der Waals surface area contributed by atoms with E-state index in [1.165, 1.54) is 19.1 Å². The lowest BCUT2D eigenvalue weighted by atomic mass is 9.81. The molecular weight excluding hydrogens is 468 g/mol. The highest BCUT2D eigenvalue weighted by molar-refractivity contribution is 5.85. The van der Waals surface area contributed by atoms with Crippen LogP contribution >= 0.6 is 0 Å². The van der Waals surface area contributed by atoms with Gasteiger partial charge in [-0.05, 0) is 57.4 Å². The van der Waals surface area contributed by atoms with Crippen LogP contribution in [0.4, 0.5) is 23.2 Å². The maximum absolute atomic E-state index is 15.8. The van der Waals surface area contributed by atoms with Crippen LogP contribution in [0.5, 0.6) is 0 Å². The van der Waals surface area contributed by atoms with E-state index in [-0.39, 0.29) is 24.8 Å². The molecule has 1 aromatic heterocycles. The second-order valence-corrected chi connectivity index (χ2v) is 10.9. The number of nitrogens with zero attached hydrogens (tertiary/aromatic N) is 2. The van der Waals surface area contributed by atoms with Crippen molar-refractivity contribution in [2.24, 2.45) is 0 Å². The van der Waals surface area contributed by atoms with Gasteiger partial charge in [-0.15, -0.1) is 0 Å². The standard InChI is InChI=1S/C28H34F4N4/c1-17(30)14-36-27(26-21(13-28(36,2)3)20-7-4-5-8-24(20)34-26)25-22(31)11-18(12-23(25)32)33-19-15-35(16-19)10-6-9-29/h4-5,7-8,11-12,17,19,27,33-34H,6,9-10,13-16H2,1-3H3/t17?,27-/m1/s1. The van der Waals surface area contributed by atoms with Gasteiger partial charge in [0.2, 0.25) is 0 Å². The van der Waals surface area contributed by atoms with Crippen LogP contribution in [0.15, 0.2) is 36.4 Å². The molecule has 0 aliphatic carbocycles. The molecule has 2 aliphatic heterocycles. The van der Waals surface area contributed by atoms with Crippen molar-refractivity contribution < 1.29 is 17.6 Å². The second kappa shape index (κ2) is 9.71. The zero-order chi connectivity index (χ0) is 25.6. The molecule has 2 aliphatic rings. The Kier molecular flexibility index (Phi) is 6.76. The Balaban J connectivity index is 1.51. The number of hydrogen-bond donors (Lipinski definition) is 2. The number of alkyl halides is 2. The Morgan fingerprint density at radius 1 is 1.14 bits per heavy atom. The lowest BCUT2D eigenvalue weighted by Gasteiger charge is -2.48. The first-order valence-corrected chi connectivity index (χ1v) is 12.7. The molecule has 194 valence electrons. The Hall–Kier alpha value is -2.58. The minimum Gasteiger partial charge on any atom is -0.380 e. The van der Waals surface area contributed by atoms with Crippen LogP contribution in [0.1, 0.15) is 50.1 Å². The summed E-state index contributed by atoms with van der Waals surface area (Å²) in [6.07, 6.45) is -0.0331. The molecule has 0 saturated carbocycles. The van der Waals surface area contributed by atoms with Crippen molar-refractivity contribution in [2.75, 3.05) is 38.2 Å². The van der Waals surface area contributed by atoms with E-state index in [2.05, 4.69) is 15.2 Å². The molecule has 0 bridgehead atoms. The first-order chi connectivity index (χ1) is 17.2. The highest BCUT2D eigenvalue weighted by atomic mass is 19.1. The van der Waals surface area contributed by atoms with Crippen molar-refractivity contribution in [2.45, 2.75) is 57.4 Å². The van der Waals surface area contributed by atoms with Gasteiger partial charge in [0.25, 0.3) is 0 Å². The van der Waals surface area contributed by atoms with E-state index in [9.17, 15) is 8.78 Å². The van der Waals surface area contributed by atoms with Crippen molar-refractivity contribution in [1.29, 1.82) is 0 Å². The maximum Gasteiger partial charge on any atom is 0.133 e. The fraction of sp³-hybridized carbons (Fsp3) is 0.500. The first-order valence-electron chi connectivity index (χ1n) is 12.7. The summed E-state index contributed by atoms with van der Waals surface area (Å²) in [7, 11) is 0. The van der Waals surface area contributed by atoms with Crippen LogP contribution < -0.4 is 5.32 Å². The minimum atomic E-state index is -1.16. The molecule has 2 aromatic carbocycles. The van der Waals surface area contributed by atoms with Crippen molar-refractivity contribution in [1.82, 2.24) is 14.8 Å². The molecule has 1 saturated heterocycles. The van der Waals surface area contributed by atoms with Gasteiger partial charge in [0, 0.05) is 59.6 Å². The van der Waals surface area contributed by atoms with Crippen LogP contribution in [0.25, 0.3) is 10.9 Å². The molecular formula is C28H34F4N4. The smallest absolute Gasteiger partial charge is 0.133 e. The topological polar surface area (TPSA) is 34.3 Å². The fourth-order valence-corrected chi connectivity index (χ4v) is 5.90. The second-order valence-electron chi connectivity index (χ2n) is 10.9. The molecule has 0 radical (unpaired) electrons. The molecule has 0 amide bonds. The van der Waals surface area contributed by atoms with Crippen LogP contribution in [-0.2, 0) is 6.42 Å². The third kappa shape index (κ3) is 4.61. The summed E-state index contributed by atoms with van der Waals surface area (Å²) in [6, 6.07) is 9.79. The number of aromatic nitrogens is 1. The van der Waals surface area contributed by atoms with Crippen molar-refractivity contribution in [3.63, 3.8) is 0 Å². The van der Waals surface area contributed by atoms with Gasteiger partial charge in [-0.25, -0.2) is 13.2 Å². The first kappa shape index (κ1) is 25.1. The van der Waals surface area contributed by atoms with Crippen LogP contribution in [0.3, 0.4) is 0 Å². The van der Waals surface area contributed by atoms with Gasteiger partial charge in [-0.2, -0.15) is 0 Å². The van der Waals surface area contributed by atoms with E-state index in [0.29, 0.717) is 38.2 Å². The number of fused-ring (bicyclic) bond motifs is 3. The molecule has 8 heteroatoms. The lowest BCUT2D eigenvalue weighted by molar-refractivity contribution is 0.0444. The number of aromatic amines is 1. The summed E-state index contributed by atoms with van der Waals surface area (Å²) in [5.41, 5.74) is 2.43. The van der Waals surface area contributed by atoms with Crippen LogP contribution in [0.2, 0.25) is 0 Å². The van der Waals surface area contributed by atoms with Gasteiger partial charge in [0.15, 0.2) is 0 Å². The predicted molar refractivity (Wildman–Crippen MR) is 136 cm³/mol. The number of anilines is 1. The van der Waals surface area contributed by atoms with Gasteiger partial charge in [0.05, 0.1) is 18.8 Å². The summed E-state index contributed by atoms with van der Waals surface area (Å²) in [5, 5.41) is 4.23. The predicted octanol–water partition coefficient (Wildman–Crippen LogP) is 5.99. The zero-order valence-corrected chi connectivity index (χ0v) is 21.1. The Morgan fingerprint density at radius 2 is 1.83 bits per heavy atom. The molecule has 3 aromatic rings. The number of hydrogen-bond acceptors (Lipinski definition) is 3. The van der Waals surface area contributed by atoms with Crippen LogP contribution in [0, 0.1) is 11.6 Å². The molecule has 3 heterocycles. The van der Waals surface area contributed by atoms with E-state index in [0.717, 1.165) is 22.2 Å². The number of halogens is 4.